The molecule has 0 aliphatic heterocycles. The molecule has 94 valence electrons. The van der Waals surface area contributed by atoms with Crippen LogP contribution in [0.2, 0.25) is 5.02 Å². The summed E-state index contributed by atoms with van der Waals surface area (Å²) >= 11 is 7.27. The zero-order valence-electron chi connectivity index (χ0n) is 9.76. The summed E-state index contributed by atoms with van der Waals surface area (Å²) in [4.78, 5) is 11.3. The van der Waals surface area contributed by atoms with Gasteiger partial charge in [0.1, 0.15) is 4.88 Å². The Bertz CT molecular complexity index is 777. The molecule has 0 saturated heterocycles. The van der Waals surface area contributed by atoms with Gasteiger partial charge in [0.25, 0.3) is 0 Å². The van der Waals surface area contributed by atoms with Crippen LogP contribution in [0.5, 0.6) is 0 Å². The first-order chi connectivity index (χ1) is 9.13. The van der Waals surface area contributed by atoms with Crippen molar-refractivity contribution in [1.82, 2.24) is 0 Å². The van der Waals surface area contributed by atoms with Crippen LogP contribution in [0.25, 0.3) is 21.2 Å². The number of rotatable bonds is 2. The van der Waals surface area contributed by atoms with Crippen LogP contribution in [0.4, 0.5) is 0 Å². The van der Waals surface area contributed by atoms with Gasteiger partial charge in [-0.05, 0) is 46.8 Å². The fourth-order valence-electron chi connectivity index (χ4n) is 2.00. The van der Waals surface area contributed by atoms with Crippen molar-refractivity contribution in [1.29, 1.82) is 0 Å². The number of hydrogen-bond donors (Lipinski definition) is 1. The van der Waals surface area contributed by atoms with Gasteiger partial charge in [-0.2, -0.15) is 0 Å². The maximum Gasteiger partial charge on any atom is 0.345 e. The van der Waals surface area contributed by atoms with Crippen LogP contribution in [0.1, 0.15) is 9.67 Å². The summed E-state index contributed by atoms with van der Waals surface area (Å²) in [5.41, 5.74) is 2.06. The predicted molar refractivity (Wildman–Crippen MR) is 79.2 cm³/mol. The summed E-state index contributed by atoms with van der Waals surface area (Å²) in [6.45, 7) is 0. The fourth-order valence-corrected chi connectivity index (χ4v) is 3.07. The maximum atomic E-state index is 11.0. The Kier molecular flexibility index (Phi) is 3.01. The fraction of sp³-hybridized carbons (Fsp3) is 0. The summed E-state index contributed by atoms with van der Waals surface area (Å²) in [5, 5.41) is 10.6. The first-order valence-electron chi connectivity index (χ1n) is 5.66. The summed E-state index contributed by atoms with van der Waals surface area (Å²) in [5.74, 6) is -0.884. The van der Waals surface area contributed by atoms with Crippen molar-refractivity contribution in [3.05, 3.63) is 58.4 Å². The first kappa shape index (κ1) is 12.2. The number of fused-ring (bicyclic) bond motifs is 1. The molecule has 0 aliphatic rings. The Morgan fingerprint density at radius 3 is 2.58 bits per heavy atom. The number of carboxylic acid groups (broad SMARTS) is 1. The molecule has 4 heteroatoms. The van der Waals surface area contributed by atoms with Crippen molar-refractivity contribution in [3.8, 4) is 11.1 Å². The molecule has 2 nitrogen and oxygen atoms in total. The largest absolute Gasteiger partial charge is 0.477 e. The zero-order valence-corrected chi connectivity index (χ0v) is 11.3. The van der Waals surface area contributed by atoms with Crippen LogP contribution in [-0.2, 0) is 0 Å². The molecule has 0 spiro atoms. The van der Waals surface area contributed by atoms with E-state index in [0.29, 0.717) is 9.90 Å². The van der Waals surface area contributed by atoms with Gasteiger partial charge in [0, 0.05) is 9.72 Å². The lowest BCUT2D eigenvalue weighted by atomic mass is 10.0. The molecule has 0 aliphatic carbocycles. The second kappa shape index (κ2) is 4.68. The third-order valence-corrected chi connectivity index (χ3v) is 4.22. The quantitative estimate of drug-likeness (QED) is 0.727. The molecule has 3 rings (SSSR count). The summed E-state index contributed by atoms with van der Waals surface area (Å²) in [6.07, 6.45) is 0. The van der Waals surface area contributed by atoms with Gasteiger partial charge in [0.05, 0.1) is 0 Å². The Balaban J connectivity index is 2.13. The molecule has 0 unspecified atom stereocenters. The molecule has 0 bridgehead atoms. The van der Waals surface area contributed by atoms with Gasteiger partial charge in [0.15, 0.2) is 0 Å². The average Bonchev–Trinajstić information content (AvgIpc) is 2.81. The molecule has 1 aromatic heterocycles. The highest BCUT2D eigenvalue weighted by Gasteiger charge is 2.09. The van der Waals surface area contributed by atoms with Crippen LogP contribution in [-0.4, -0.2) is 11.1 Å². The van der Waals surface area contributed by atoms with Crippen LogP contribution in [0.15, 0.2) is 48.5 Å². The van der Waals surface area contributed by atoms with Crippen LogP contribution in [0, 0.1) is 0 Å². The van der Waals surface area contributed by atoms with Crippen LogP contribution in [0.3, 0.4) is 0 Å². The summed E-state index contributed by atoms with van der Waals surface area (Å²) < 4.78 is 0.975. The van der Waals surface area contributed by atoms with Crippen LogP contribution < -0.4 is 0 Å². The maximum absolute atomic E-state index is 11.0. The lowest BCUT2D eigenvalue weighted by Crippen LogP contribution is -1.89. The van der Waals surface area contributed by atoms with E-state index in [1.54, 1.807) is 6.07 Å². The number of carboxylic acids is 1. The number of hydrogen-bond acceptors (Lipinski definition) is 2. The molecule has 0 fully saturated rings. The zero-order chi connectivity index (χ0) is 13.4. The van der Waals surface area contributed by atoms with E-state index in [1.807, 2.05) is 42.5 Å². The summed E-state index contributed by atoms with van der Waals surface area (Å²) in [7, 11) is 0. The number of aromatic carboxylic acids is 1. The second-order valence-electron chi connectivity index (χ2n) is 4.18. The third kappa shape index (κ3) is 2.35. The normalized spacial score (nSPS) is 10.8. The molecule has 0 radical (unpaired) electrons. The molecule has 19 heavy (non-hydrogen) atoms. The van der Waals surface area contributed by atoms with E-state index in [9.17, 15) is 4.79 Å². The molecule has 0 amide bonds. The Morgan fingerprint density at radius 1 is 1.05 bits per heavy atom. The minimum absolute atomic E-state index is 0.359. The van der Waals surface area contributed by atoms with E-state index >= 15 is 0 Å². The van der Waals surface area contributed by atoms with Crippen molar-refractivity contribution < 1.29 is 9.90 Å². The lowest BCUT2D eigenvalue weighted by molar-refractivity contribution is 0.0702. The second-order valence-corrected chi connectivity index (χ2v) is 5.70. The molecular formula is C15H9ClO2S. The molecule has 3 aromatic rings. The van der Waals surface area contributed by atoms with Gasteiger partial charge in [-0.3, -0.25) is 0 Å². The molecule has 2 aromatic carbocycles. The van der Waals surface area contributed by atoms with Gasteiger partial charge in [-0.1, -0.05) is 29.8 Å². The van der Waals surface area contributed by atoms with Gasteiger partial charge in [-0.15, -0.1) is 11.3 Å². The highest BCUT2D eigenvalue weighted by atomic mass is 35.5. The SMILES string of the molecule is O=C(O)c1cc2cc(-c3cccc(Cl)c3)ccc2s1. The van der Waals surface area contributed by atoms with Crippen molar-refractivity contribution in [2.75, 3.05) is 0 Å². The highest BCUT2D eigenvalue weighted by molar-refractivity contribution is 7.20. The van der Waals surface area contributed by atoms with E-state index in [1.165, 1.54) is 11.3 Å². The molecule has 1 heterocycles. The highest BCUT2D eigenvalue weighted by Crippen LogP contribution is 2.31. The molecule has 1 N–H and O–H groups in total. The first-order valence-corrected chi connectivity index (χ1v) is 6.86. The van der Waals surface area contributed by atoms with E-state index in [4.69, 9.17) is 16.7 Å². The Morgan fingerprint density at radius 2 is 1.84 bits per heavy atom. The van der Waals surface area contributed by atoms with Crippen LogP contribution >= 0.6 is 22.9 Å². The van der Waals surface area contributed by atoms with Crippen molar-refractivity contribution in [3.63, 3.8) is 0 Å². The average molecular weight is 289 g/mol. The van der Waals surface area contributed by atoms with E-state index in [0.717, 1.165) is 21.2 Å². The Hall–Kier alpha value is -1.84. The van der Waals surface area contributed by atoms with Crippen molar-refractivity contribution >= 4 is 39.0 Å². The smallest absolute Gasteiger partial charge is 0.345 e. The van der Waals surface area contributed by atoms with E-state index in [2.05, 4.69) is 0 Å². The van der Waals surface area contributed by atoms with Gasteiger partial charge in [0.2, 0.25) is 0 Å². The van der Waals surface area contributed by atoms with E-state index in [-0.39, 0.29) is 0 Å². The van der Waals surface area contributed by atoms with Crippen molar-refractivity contribution in [2.45, 2.75) is 0 Å². The van der Waals surface area contributed by atoms with Gasteiger partial charge < -0.3 is 5.11 Å². The summed E-state index contributed by atoms with van der Waals surface area (Å²) in [6, 6.07) is 15.2. The van der Waals surface area contributed by atoms with Gasteiger partial charge in [-0.25, -0.2) is 4.79 Å². The third-order valence-electron chi connectivity index (χ3n) is 2.89. The molecule has 0 atom stereocenters. The minimum Gasteiger partial charge on any atom is -0.477 e. The van der Waals surface area contributed by atoms with Gasteiger partial charge >= 0.3 is 5.97 Å². The molecular weight excluding hydrogens is 280 g/mol. The van der Waals surface area contributed by atoms with Crippen molar-refractivity contribution in [2.24, 2.45) is 0 Å². The van der Waals surface area contributed by atoms with E-state index < -0.39 is 5.97 Å². The Labute approximate surface area is 118 Å². The lowest BCUT2D eigenvalue weighted by Gasteiger charge is -2.02. The number of benzene rings is 2. The molecule has 0 saturated carbocycles. The standard InChI is InChI=1S/C15H9ClO2S/c16-12-3-1-2-9(7-12)10-4-5-13-11(6-10)8-14(19-13)15(17)18/h1-8H,(H,17,18). The monoisotopic (exact) mass is 288 g/mol. The number of halogens is 1. The number of carbonyl (C=O) groups is 1. The predicted octanol–water partition coefficient (Wildman–Crippen LogP) is 4.92. The minimum atomic E-state index is -0.884. The number of thiophene rings is 1. The topological polar surface area (TPSA) is 37.3 Å².